The lowest BCUT2D eigenvalue weighted by Gasteiger charge is -2.38. The average Bonchev–Trinajstić information content (AvgIpc) is 3.31. The van der Waals surface area contributed by atoms with Crippen LogP contribution in [-0.2, 0) is 6.18 Å². The zero-order valence-corrected chi connectivity index (χ0v) is 19.1. The molecule has 2 aromatic rings. The summed E-state index contributed by atoms with van der Waals surface area (Å²) in [4.78, 5) is 5.02. The van der Waals surface area contributed by atoms with Crippen LogP contribution in [0.25, 0.3) is 0 Å². The van der Waals surface area contributed by atoms with Crippen molar-refractivity contribution in [2.45, 2.75) is 56.7 Å². The lowest BCUT2D eigenvalue weighted by Crippen LogP contribution is -2.34. The van der Waals surface area contributed by atoms with Gasteiger partial charge in [0.05, 0.1) is 12.2 Å². The Balaban J connectivity index is 1.30. The highest BCUT2D eigenvalue weighted by atomic mass is 19.4. The molecule has 0 N–H and O–H groups in total. The summed E-state index contributed by atoms with van der Waals surface area (Å²) < 4.78 is 45.2. The van der Waals surface area contributed by atoms with Crippen LogP contribution < -0.4 is 4.74 Å². The van der Waals surface area contributed by atoms with Gasteiger partial charge in [0, 0.05) is 25.0 Å². The molecule has 3 aliphatic rings. The zero-order valence-electron chi connectivity index (χ0n) is 19.1. The molecular weight excluding hydrogens is 425 g/mol. The predicted molar refractivity (Wildman–Crippen MR) is 124 cm³/mol. The molecule has 3 nitrogen and oxygen atoms in total. The predicted octanol–water partition coefficient (Wildman–Crippen LogP) is 6.24. The quantitative estimate of drug-likeness (QED) is 0.477. The van der Waals surface area contributed by atoms with Gasteiger partial charge in [0.25, 0.3) is 0 Å². The molecule has 2 atom stereocenters. The van der Waals surface area contributed by atoms with Crippen molar-refractivity contribution in [2.75, 3.05) is 39.3 Å². The lowest BCUT2D eigenvalue weighted by molar-refractivity contribution is -0.137. The topological polar surface area (TPSA) is 15.7 Å². The monoisotopic (exact) mass is 458 g/mol. The summed E-state index contributed by atoms with van der Waals surface area (Å²) in [5.74, 6) is 0.997. The first-order valence-electron chi connectivity index (χ1n) is 12.4. The Labute approximate surface area is 194 Å². The molecule has 0 amide bonds. The minimum atomic E-state index is -4.30. The van der Waals surface area contributed by atoms with Crippen molar-refractivity contribution in [1.82, 2.24) is 9.80 Å². The first-order chi connectivity index (χ1) is 16.0. The molecule has 0 bridgehead atoms. The van der Waals surface area contributed by atoms with Crippen LogP contribution in [0, 0.1) is 0 Å². The highest BCUT2D eigenvalue weighted by Gasteiger charge is 2.37. The van der Waals surface area contributed by atoms with E-state index < -0.39 is 11.7 Å². The van der Waals surface area contributed by atoms with Crippen molar-refractivity contribution in [1.29, 1.82) is 0 Å². The fourth-order valence-electron chi connectivity index (χ4n) is 5.83. The van der Waals surface area contributed by atoms with Gasteiger partial charge in [0.2, 0.25) is 0 Å². The summed E-state index contributed by atoms with van der Waals surface area (Å²) in [7, 11) is 0. The Morgan fingerprint density at radius 3 is 2.42 bits per heavy atom. The van der Waals surface area contributed by atoms with Gasteiger partial charge >= 0.3 is 6.18 Å². The van der Waals surface area contributed by atoms with Crippen LogP contribution in [0.3, 0.4) is 0 Å². The van der Waals surface area contributed by atoms with Crippen LogP contribution in [-0.4, -0.2) is 49.1 Å². The Kier molecular flexibility index (Phi) is 6.66. The number of alkyl halides is 3. The summed E-state index contributed by atoms with van der Waals surface area (Å²) >= 11 is 0. The van der Waals surface area contributed by atoms with Gasteiger partial charge in [0.1, 0.15) is 5.75 Å². The first-order valence-corrected chi connectivity index (χ1v) is 12.4. The largest absolute Gasteiger partial charge is 0.494 e. The number of rotatable bonds is 6. The molecule has 3 heterocycles. The van der Waals surface area contributed by atoms with E-state index in [1.807, 2.05) is 6.07 Å². The van der Waals surface area contributed by atoms with Crippen molar-refractivity contribution in [3.05, 3.63) is 64.7 Å². The second-order valence-electron chi connectivity index (χ2n) is 9.72. The van der Waals surface area contributed by atoms with Crippen LogP contribution >= 0.6 is 0 Å². The van der Waals surface area contributed by atoms with E-state index in [1.165, 1.54) is 55.6 Å². The first kappa shape index (κ1) is 22.7. The number of halogens is 3. The van der Waals surface area contributed by atoms with Crippen LogP contribution in [0.5, 0.6) is 5.75 Å². The fourth-order valence-corrected chi connectivity index (χ4v) is 5.83. The summed E-state index contributed by atoms with van der Waals surface area (Å²) in [5, 5.41) is 0. The van der Waals surface area contributed by atoms with E-state index >= 15 is 0 Å². The molecule has 0 unspecified atom stereocenters. The third-order valence-electron chi connectivity index (χ3n) is 7.55. The smallest absolute Gasteiger partial charge is 0.416 e. The zero-order chi connectivity index (χ0) is 22.8. The number of nitrogens with zero attached hydrogens (tertiary/aromatic N) is 2. The summed E-state index contributed by atoms with van der Waals surface area (Å²) in [6, 6.07) is 12.5. The Morgan fingerprint density at radius 2 is 1.67 bits per heavy atom. The molecule has 2 fully saturated rings. The summed E-state index contributed by atoms with van der Waals surface area (Å²) in [5.41, 5.74) is 2.88. The Morgan fingerprint density at radius 1 is 0.879 bits per heavy atom. The molecule has 2 aromatic carbocycles. The number of benzene rings is 2. The van der Waals surface area contributed by atoms with E-state index in [4.69, 9.17) is 4.74 Å². The summed E-state index contributed by atoms with van der Waals surface area (Å²) in [6.07, 6.45) is 2.99. The molecule has 33 heavy (non-hydrogen) atoms. The number of hydrogen-bond acceptors (Lipinski definition) is 3. The van der Waals surface area contributed by atoms with Gasteiger partial charge in [0.15, 0.2) is 0 Å². The molecule has 6 heteroatoms. The molecule has 0 aromatic heterocycles. The SMILES string of the molecule is FC(F)(F)c1ccc([C@@H]2CN3CCC[C@H]3c3cc(OCCCN4CCCCC4)ccc32)cc1. The van der Waals surface area contributed by atoms with E-state index in [9.17, 15) is 13.2 Å². The maximum atomic E-state index is 13.0. The number of piperidine rings is 1. The van der Waals surface area contributed by atoms with E-state index in [2.05, 4.69) is 21.9 Å². The number of likely N-dealkylation sites (tertiary alicyclic amines) is 1. The maximum absolute atomic E-state index is 13.0. The van der Waals surface area contributed by atoms with E-state index in [0.717, 1.165) is 50.2 Å². The van der Waals surface area contributed by atoms with Crippen molar-refractivity contribution >= 4 is 0 Å². The van der Waals surface area contributed by atoms with Gasteiger partial charge in [-0.15, -0.1) is 0 Å². The maximum Gasteiger partial charge on any atom is 0.416 e. The lowest BCUT2D eigenvalue weighted by atomic mass is 9.81. The van der Waals surface area contributed by atoms with Gasteiger partial charge in [-0.2, -0.15) is 13.2 Å². The highest BCUT2D eigenvalue weighted by molar-refractivity contribution is 5.47. The minimum absolute atomic E-state index is 0.0878. The van der Waals surface area contributed by atoms with Gasteiger partial charge in [-0.25, -0.2) is 0 Å². The van der Waals surface area contributed by atoms with Gasteiger partial charge in [-0.1, -0.05) is 24.6 Å². The van der Waals surface area contributed by atoms with Crippen molar-refractivity contribution in [2.24, 2.45) is 0 Å². The van der Waals surface area contributed by atoms with Crippen molar-refractivity contribution in [3.8, 4) is 5.75 Å². The molecule has 0 saturated carbocycles. The molecule has 2 saturated heterocycles. The third kappa shape index (κ3) is 5.07. The molecule has 0 aliphatic carbocycles. The van der Waals surface area contributed by atoms with Crippen LogP contribution in [0.4, 0.5) is 13.2 Å². The molecule has 0 spiro atoms. The van der Waals surface area contributed by atoms with Crippen molar-refractivity contribution in [3.63, 3.8) is 0 Å². The Hall–Kier alpha value is -2.05. The number of fused-ring (bicyclic) bond motifs is 3. The highest BCUT2D eigenvalue weighted by Crippen LogP contribution is 2.45. The van der Waals surface area contributed by atoms with Crippen LogP contribution in [0.15, 0.2) is 42.5 Å². The number of ether oxygens (including phenoxy) is 1. The van der Waals surface area contributed by atoms with Gasteiger partial charge in [-0.3, -0.25) is 4.90 Å². The average molecular weight is 459 g/mol. The van der Waals surface area contributed by atoms with E-state index in [0.29, 0.717) is 12.6 Å². The fraction of sp³-hybridized carbons (Fsp3) is 0.556. The normalized spacial score (nSPS) is 23.8. The Bertz CT molecular complexity index is 937. The molecule has 178 valence electrons. The second kappa shape index (κ2) is 9.67. The van der Waals surface area contributed by atoms with Crippen molar-refractivity contribution < 1.29 is 17.9 Å². The van der Waals surface area contributed by atoms with E-state index in [1.54, 1.807) is 12.1 Å². The van der Waals surface area contributed by atoms with E-state index in [-0.39, 0.29) is 5.92 Å². The van der Waals surface area contributed by atoms with Gasteiger partial charge in [-0.05, 0) is 92.7 Å². The number of hydrogen-bond donors (Lipinski definition) is 0. The second-order valence-corrected chi connectivity index (χ2v) is 9.72. The molecule has 3 aliphatic heterocycles. The standard InChI is InChI=1S/C27H33F3N2O/c28-27(29,30)21-9-7-20(8-10-21)25-19-32-16-4-6-26(32)24-18-22(11-12-23(24)25)33-17-5-15-31-13-2-1-3-14-31/h7-12,18,25-26H,1-6,13-17,19H2/t25-,26-/m0/s1. The van der Waals surface area contributed by atoms with Crippen LogP contribution in [0.2, 0.25) is 0 Å². The summed E-state index contributed by atoms with van der Waals surface area (Å²) in [6.45, 7) is 6.13. The minimum Gasteiger partial charge on any atom is -0.494 e. The molecular formula is C27H33F3N2O. The molecule has 5 rings (SSSR count). The molecule has 0 radical (unpaired) electrons. The van der Waals surface area contributed by atoms with Crippen LogP contribution in [0.1, 0.15) is 72.7 Å². The third-order valence-corrected chi connectivity index (χ3v) is 7.55. The van der Waals surface area contributed by atoms with Gasteiger partial charge < -0.3 is 9.64 Å².